The first-order chi connectivity index (χ1) is 14.9. The van der Waals surface area contributed by atoms with Gasteiger partial charge in [0.15, 0.2) is 0 Å². The number of amides is 1. The van der Waals surface area contributed by atoms with E-state index in [9.17, 15) is 9.18 Å². The largest absolute Gasteiger partial charge is 0.493 e. The molecule has 1 fully saturated rings. The van der Waals surface area contributed by atoms with E-state index in [-0.39, 0.29) is 24.6 Å². The van der Waals surface area contributed by atoms with Crippen molar-refractivity contribution in [3.05, 3.63) is 65.5 Å². The summed E-state index contributed by atoms with van der Waals surface area (Å²) in [5, 5.41) is 0. The fourth-order valence-electron chi connectivity index (χ4n) is 3.61. The van der Waals surface area contributed by atoms with Crippen LogP contribution in [0.3, 0.4) is 0 Å². The zero-order valence-corrected chi connectivity index (χ0v) is 18.7. The second-order valence-corrected chi connectivity index (χ2v) is 8.69. The van der Waals surface area contributed by atoms with Gasteiger partial charge >= 0.3 is 6.09 Å². The van der Waals surface area contributed by atoms with Crippen LogP contribution in [-0.4, -0.2) is 48.7 Å². The van der Waals surface area contributed by atoms with E-state index < -0.39 is 0 Å². The zero-order chi connectivity index (χ0) is 22.2. The minimum atomic E-state index is -0.334. The van der Waals surface area contributed by atoms with Gasteiger partial charge < -0.3 is 19.3 Å². The Bertz CT molecular complexity index is 816. The van der Waals surface area contributed by atoms with Crippen molar-refractivity contribution < 1.29 is 18.7 Å². The summed E-state index contributed by atoms with van der Waals surface area (Å²) in [6.45, 7) is 7.38. The van der Waals surface area contributed by atoms with Crippen molar-refractivity contribution in [1.82, 2.24) is 9.80 Å². The number of rotatable bonds is 8. The summed E-state index contributed by atoms with van der Waals surface area (Å²) in [4.78, 5) is 17.1. The molecule has 0 aliphatic carbocycles. The number of carbonyl (C=O) groups is 1. The van der Waals surface area contributed by atoms with E-state index in [0.717, 1.165) is 42.8 Å². The van der Waals surface area contributed by atoms with Crippen molar-refractivity contribution in [2.24, 2.45) is 5.92 Å². The first-order valence-corrected chi connectivity index (χ1v) is 11.0. The number of halogens is 1. The molecule has 1 amide bonds. The molecule has 168 valence electrons. The fourth-order valence-corrected chi connectivity index (χ4v) is 3.61. The predicted octanol–water partition coefficient (Wildman–Crippen LogP) is 5.09. The van der Waals surface area contributed by atoms with Crippen LogP contribution in [0.4, 0.5) is 9.18 Å². The van der Waals surface area contributed by atoms with E-state index >= 15 is 0 Å². The van der Waals surface area contributed by atoms with Gasteiger partial charge in [0.05, 0.1) is 6.61 Å². The zero-order valence-electron chi connectivity index (χ0n) is 18.7. The summed E-state index contributed by atoms with van der Waals surface area (Å²) in [5.74, 6) is 0.998. The second-order valence-electron chi connectivity index (χ2n) is 8.69. The van der Waals surface area contributed by atoms with Crippen molar-refractivity contribution in [2.75, 3.05) is 26.7 Å². The maximum Gasteiger partial charge on any atom is 0.410 e. The number of likely N-dealkylation sites (tertiary alicyclic amines) is 1. The monoisotopic (exact) mass is 428 g/mol. The Morgan fingerprint density at radius 3 is 2.29 bits per heavy atom. The Balaban J connectivity index is 1.61. The highest BCUT2D eigenvalue weighted by Crippen LogP contribution is 2.21. The van der Waals surface area contributed by atoms with Crippen molar-refractivity contribution in [3.8, 4) is 5.75 Å². The lowest BCUT2D eigenvalue weighted by Gasteiger charge is -2.36. The fraction of sp³-hybridized carbons (Fsp3) is 0.480. The van der Waals surface area contributed by atoms with Crippen molar-refractivity contribution in [1.29, 1.82) is 0 Å². The standard InChI is InChI=1S/C25H33FN2O3/c1-19(2)17-30-24-10-6-21(7-11-24)18-31-25(29)28(23-12-14-27(3)15-13-23)16-20-4-8-22(26)9-5-20/h4-11,19,23H,12-18H2,1-3H3. The average Bonchev–Trinajstić information content (AvgIpc) is 2.77. The number of nitrogens with zero attached hydrogens (tertiary/aromatic N) is 2. The summed E-state index contributed by atoms with van der Waals surface area (Å²) in [6, 6.07) is 14.1. The molecule has 6 heteroatoms. The summed E-state index contributed by atoms with van der Waals surface area (Å²) in [7, 11) is 2.09. The van der Waals surface area contributed by atoms with Crippen LogP contribution in [-0.2, 0) is 17.9 Å². The average molecular weight is 429 g/mol. The van der Waals surface area contributed by atoms with E-state index in [1.54, 1.807) is 17.0 Å². The summed E-state index contributed by atoms with van der Waals surface area (Å²) >= 11 is 0. The molecule has 0 spiro atoms. The van der Waals surface area contributed by atoms with Gasteiger partial charge in [-0.2, -0.15) is 0 Å². The van der Waals surface area contributed by atoms with Gasteiger partial charge in [-0.05, 0) is 74.3 Å². The molecule has 0 N–H and O–H groups in total. The van der Waals surface area contributed by atoms with Gasteiger partial charge in [-0.1, -0.05) is 38.1 Å². The quantitative estimate of drug-likeness (QED) is 0.587. The van der Waals surface area contributed by atoms with Gasteiger partial charge in [0, 0.05) is 12.6 Å². The molecule has 31 heavy (non-hydrogen) atoms. The van der Waals surface area contributed by atoms with Gasteiger partial charge in [0.2, 0.25) is 0 Å². The molecule has 0 aromatic heterocycles. The molecule has 0 saturated carbocycles. The van der Waals surface area contributed by atoms with Crippen LogP contribution in [0, 0.1) is 11.7 Å². The van der Waals surface area contributed by atoms with E-state index in [1.807, 2.05) is 24.3 Å². The molecule has 2 aromatic rings. The highest BCUT2D eigenvalue weighted by Gasteiger charge is 2.28. The van der Waals surface area contributed by atoms with Gasteiger partial charge in [0.25, 0.3) is 0 Å². The third-order valence-electron chi connectivity index (χ3n) is 5.50. The van der Waals surface area contributed by atoms with Crippen LogP contribution in [0.5, 0.6) is 5.75 Å². The van der Waals surface area contributed by atoms with Crippen molar-refractivity contribution >= 4 is 6.09 Å². The molecule has 0 atom stereocenters. The normalized spacial score (nSPS) is 15.1. The van der Waals surface area contributed by atoms with E-state index in [4.69, 9.17) is 9.47 Å². The first-order valence-electron chi connectivity index (χ1n) is 11.0. The van der Waals surface area contributed by atoms with Gasteiger partial charge in [-0.25, -0.2) is 9.18 Å². The number of piperidine rings is 1. The molecule has 1 aliphatic rings. The summed E-state index contributed by atoms with van der Waals surface area (Å²) < 4.78 is 24.7. The Labute approximate surface area is 184 Å². The Morgan fingerprint density at radius 1 is 1.06 bits per heavy atom. The molecule has 0 bridgehead atoms. The SMILES string of the molecule is CC(C)COc1ccc(COC(=O)N(Cc2ccc(F)cc2)C2CCN(C)CC2)cc1. The Morgan fingerprint density at radius 2 is 1.68 bits per heavy atom. The number of hydrogen-bond donors (Lipinski definition) is 0. The van der Waals surface area contributed by atoms with Crippen LogP contribution in [0.2, 0.25) is 0 Å². The van der Waals surface area contributed by atoms with Crippen molar-refractivity contribution in [3.63, 3.8) is 0 Å². The highest BCUT2D eigenvalue weighted by molar-refractivity contribution is 5.68. The molecular weight excluding hydrogens is 395 g/mol. The number of hydrogen-bond acceptors (Lipinski definition) is 4. The Hall–Kier alpha value is -2.60. The van der Waals surface area contributed by atoms with E-state index in [2.05, 4.69) is 25.8 Å². The lowest BCUT2D eigenvalue weighted by atomic mass is 10.0. The molecule has 5 nitrogen and oxygen atoms in total. The Kier molecular flexibility index (Phi) is 8.29. The number of carbonyl (C=O) groups excluding carboxylic acids is 1. The lowest BCUT2D eigenvalue weighted by molar-refractivity contribution is 0.0604. The molecule has 0 unspecified atom stereocenters. The highest BCUT2D eigenvalue weighted by atomic mass is 19.1. The molecule has 2 aromatic carbocycles. The smallest absolute Gasteiger partial charge is 0.410 e. The van der Waals surface area contributed by atoms with Crippen LogP contribution >= 0.6 is 0 Å². The van der Waals surface area contributed by atoms with Crippen LogP contribution in [0.25, 0.3) is 0 Å². The molecule has 1 heterocycles. The second kappa shape index (κ2) is 11.1. The van der Waals surface area contributed by atoms with E-state index in [0.29, 0.717) is 19.1 Å². The van der Waals surface area contributed by atoms with Crippen LogP contribution < -0.4 is 4.74 Å². The lowest BCUT2D eigenvalue weighted by Crippen LogP contribution is -2.46. The number of ether oxygens (including phenoxy) is 2. The summed E-state index contributed by atoms with van der Waals surface area (Å²) in [5.41, 5.74) is 1.80. The maximum absolute atomic E-state index is 13.3. The molecule has 1 saturated heterocycles. The van der Waals surface area contributed by atoms with Crippen LogP contribution in [0.15, 0.2) is 48.5 Å². The third kappa shape index (κ3) is 7.24. The minimum absolute atomic E-state index is 0.112. The maximum atomic E-state index is 13.3. The topological polar surface area (TPSA) is 42.0 Å². The molecule has 1 aliphatic heterocycles. The van der Waals surface area contributed by atoms with Gasteiger partial charge in [-0.15, -0.1) is 0 Å². The molecule has 0 radical (unpaired) electrons. The third-order valence-corrected chi connectivity index (χ3v) is 5.50. The predicted molar refractivity (Wildman–Crippen MR) is 119 cm³/mol. The first kappa shape index (κ1) is 23.1. The van der Waals surface area contributed by atoms with Crippen molar-refractivity contribution in [2.45, 2.75) is 45.9 Å². The minimum Gasteiger partial charge on any atom is -0.493 e. The number of benzene rings is 2. The molecular formula is C25H33FN2O3. The van der Waals surface area contributed by atoms with Crippen LogP contribution in [0.1, 0.15) is 37.8 Å². The summed E-state index contributed by atoms with van der Waals surface area (Å²) in [6.07, 6.45) is 1.46. The van der Waals surface area contributed by atoms with Gasteiger partial charge in [0.1, 0.15) is 18.2 Å². The van der Waals surface area contributed by atoms with E-state index in [1.165, 1.54) is 12.1 Å². The van der Waals surface area contributed by atoms with Gasteiger partial charge in [-0.3, -0.25) is 0 Å². The molecule has 3 rings (SSSR count).